The molecule has 2 rings (SSSR count). The number of hydrogen-bond acceptors (Lipinski definition) is 3. The van der Waals surface area contributed by atoms with Crippen molar-refractivity contribution in [2.45, 2.75) is 13.8 Å². The molecule has 138 valence electrons. The van der Waals surface area contributed by atoms with Gasteiger partial charge in [-0.3, -0.25) is 4.79 Å². The molecule has 0 fully saturated rings. The van der Waals surface area contributed by atoms with Gasteiger partial charge >= 0.3 is 0 Å². The zero-order valence-electron chi connectivity index (χ0n) is 15.0. The summed E-state index contributed by atoms with van der Waals surface area (Å²) in [7, 11) is 0. The zero-order chi connectivity index (χ0) is 20.0. The first-order valence-corrected chi connectivity index (χ1v) is 9.67. The first kappa shape index (κ1) is 20.9. The summed E-state index contributed by atoms with van der Waals surface area (Å²) in [4.78, 5) is 12.5. The third-order valence-corrected chi connectivity index (χ3v) is 4.86. The highest BCUT2D eigenvalue weighted by Crippen LogP contribution is 2.35. The molecule has 6 heteroatoms. The molecule has 0 aliphatic heterocycles. The topological polar surface area (TPSA) is 62.1 Å². The molecule has 0 bridgehead atoms. The Balaban J connectivity index is 2.30. The van der Waals surface area contributed by atoms with Gasteiger partial charge in [0.2, 0.25) is 0 Å². The van der Waals surface area contributed by atoms with Gasteiger partial charge < -0.3 is 10.1 Å². The molecule has 2 aromatic rings. The maximum absolute atomic E-state index is 12.5. The van der Waals surface area contributed by atoms with E-state index >= 15 is 0 Å². The first-order valence-electron chi connectivity index (χ1n) is 8.09. The molecule has 0 aliphatic rings. The molecule has 27 heavy (non-hydrogen) atoms. The van der Waals surface area contributed by atoms with Gasteiger partial charge in [-0.25, -0.2) is 0 Å². The number of hydrogen-bond donors (Lipinski definition) is 1. The molecule has 2 aromatic carbocycles. The summed E-state index contributed by atoms with van der Waals surface area (Å²) in [6, 6.07) is 11.3. The maximum Gasteiger partial charge on any atom is 0.266 e. The number of carbonyl (C=O) groups is 1. The Bertz CT molecular complexity index is 936. The second-order valence-electron chi connectivity index (χ2n) is 5.86. The maximum atomic E-state index is 12.5. The summed E-state index contributed by atoms with van der Waals surface area (Å²) >= 11 is 6.89. The lowest BCUT2D eigenvalue weighted by Gasteiger charge is -2.11. The fourth-order valence-corrected chi connectivity index (χ4v) is 3.77. The van der Waals surface area contributed by atoms with Crippen molar-refractivity contribution in [3.05, 3.63) is 74.2 Å². The van der Waals surface area contributed by atoms with Crippen molar-refractivity contribution in [3.63, 3.8) is 0 Å². The molecule has 4 nitrogen and oxygen atoms in total. The minimum absolute atomic E-state index is 0.00876. The molecule has 0 spiro atoms. The number of aryl methyl sites for hydroxylation is 2. The van der Waals surface area contributed by atoms with E-state index in [9.17, 15) is 10.1 Å². The number of halogens is 2. The van der Waals surface area contributed by atoms with Gasteiger partial charge in [0, 0.05) is 5.69 Å². The summed E-state index contributed by atoms with van der Waals surface area (Å²) < 4.78 is 6.99. The van der Waals surface area contributed by atoms with Crippen molar-refractivity contribution in [2.24, 2.45) is 0 Å². The van der Waals surface area contributed by atoms with Crippen molar-refractivity contribution in [1.82, 2.24) is 0 Å². The predicted molar refractivity (Wildman–Crippen MR) is 116 cm³/mol. The first-order chi connectivity index (χ1) is 12.8. The van der Waals surface area contributed by atoms with Gasteiger partial charge in [-0.05, 0) is 86.7 Å². The van der Waals surface area contributed by atoms with Gasteiger partial charge in [0.25, 0.3) is 5.91 Å². The smallest absolute Gasteiger partial charge is 0.266 e. The second-order valence-corrected chi connectivity index (χ2v) is 7.56. The largest absolute Gasteiger partial charge is 0.487 e. The van der Waals surface area contributed by atoms with E-state index in [1.54, 1.807) is 18.2 Å². The second kappa shape index (κ2) is 9.54. The van der Waals surface area contributed by atoms with Crippen LogP contribution in [0.25, 0.3) is 6.08 Å². The predicted octanol–water partition coefficient (Wildman–Crippen LogP) is 5.94. The van der Waals surface area contributed by atoms with Crippen LogP contribution in [-0.2, 0) is 4.79 Å². The lowest BCUT2D eigenvalue weighted by Crippen LogP contribution is -2.14. The fourth-order valence-electron chi connectivity index (χ4n) is 2.32. The minimum atomic E-state index is -0.453. The van der Waals surface area contributed by atoms with Gasteiger partial charge in [-0.15, -0.1) is 0 Å². The summed E-state index contributed by atoms with van der Waals surface area (Å²) in [6.07, 6.45) is 3.19. The van der Waals surface area contributed by atoms with Crippen LogP contribution in [0, 0.1) is 25.2 Å². The molecule has 0 saturated carbocycles. The van der Waals surface area contributed by atoms with Crippen LogP contribution in [0.1, 0.15) is 16.7 Å². The van der Waals surface area contributed by atoms with E-state index in [1.807, 2.05) is 38.1 Å². The molecule has 0 saturated heterocycles. The molecule has 0 atom stereocenters. The number of ether oxygens (including phenoxy) is 1. The highest BCUT2D eigenvalue weighted by atomic mass is 79.9. The molecular formula is C21H18Br2N2O2. The number of anilines is 1. The van der Waals surface area contributed by atoms with E-state index in [4.69, 9.17) is 4.74 Å². The lowest BCUT2D eigenvalue weighted by molar-refractivity contribution is -0.112. The molecule has 0 aromatic heterocycles. The van der Waals surface area contributed by atoms with Crippen LogP contribution >= 0.6 is 31.9 Å². The van der Waals surface area contributed by atoms with Gasteiger partial charge in [0.05, 0.1) is 8.95 Å². The van der Waals surface area contributed by atoms with Crippen LogP contribution in [0.15, 0.2) is 57.5 Å². The Morgan fingerprint density at radius 1 is 1.26 bits per heavy atom. The lowest BCUT2D eigenvalue weighted by atomic mass is 10.1. The summed E-state index contributed by atoms with van der Waals surface area (Å²) in [5.74, 6) is 0.177. The number of carbonyl (C=O) groups excluding carboxylic acids is 1. The molecule has 0 aliphatic carbocycles. The summed E-state index contributed by atoms with van der Waals surface area (Å²) in [5, 5.41) is 12.2. The Morgan fingerprint density at radius 3 is 2.52 bits per heavy atom. The number of nitriles is 1. The molecule has 0 unspecified atom stereocenters. The van der Waals surface area contributed by atoms with Crippen molar-refractivity contribution >= 4 is 49.5 Å². The standard InChI is InChI=1S/C21H18Br2N2O2/c1-4-7-27-20-17(22)10-15(11-18(20)23)9-16(12-24)21(26)25-19-8-13(2)5-6-14(19)3/h4-6,8-11H,1,7H2,2-3H3,(H,25,26)/b16-9+. The Morgan fingerprint density at radius 2 is 1.93 bits per heavy atom. The molecule has 0 heterocycles. The van der Waals surface area contributed by atoms with E-state index in [-0.39, 0.29) is 5.57 Å². The van der Waals surface area contributed by atoms with E-state index in [1.165, 1.54) is 6.08 Å². The molecule has 0 radical (unpaired) electrons. The monoisotopic (exact) mass is 488 g/mol. The highest BCUT2D eigenvalue weighted by molar-refractivity contribution is 9.11. The average Bonchev–Trinajstić information content (AvgIpc) is 2.62. The number of rotatable bonds is 6. The number of amides is 1. The van der Waals surface area contributed by atoms with Gasteiger partial charge in [0.15, 0.2) is 0 Å². The van der Waals surface area contributed by atoms with Gasteiger partial charge in [0.1, 0.15) is 24.0 Å². The van der Waals surface area contributed by atoms with E-state index in [0.717, 1.165) is 11.1 Å². The van der Waals surface area contributed by atoms with E-state index in [0.29, 0.717) is 32.6 Å². The van der Waals surface area contributed by atoms with Crippen molar-refractivity contribution in [1.29, 1.82) is 5.26 Å². The number of benzene rings is 2. The summed E-state index contributed by atoms with van der Waals surface area (Å²) in [6.45, 7) is 7.84. The van der Waals surface area contributed by atoms with E-state index in [2.05, 4.69) is 43.8 Å². The average molecular weight is 490 g/mol. The van der Waals surface area contributed by atoms with E-state index < -0.39 is 5.91 Å². The zero-order valence-corrected chi connectivity index (χ0v) is 18.1. The van der Waals surface area contributed by atoms with Crippen LogP contribution in [0.4, 0.5) is 5.69 Å². The number of nitrogens with zero attached hydrogens (tertiary/aromatic N) is 1. The fraction of sp³-hybridized carbons (Fsp3) is 0.143. The van der Waals surface area contributed by atoms with Crippen LogP contribution in [0.5, 0.6) is 5.75 Å². The minimum Gasteiger partial charge on any atom is -0.487 e. The number of nitrogens with one attached hydrogen (secondary N) is 1. The molecular weight excluding hydrogens is 472 g/mol. The van der Waals surface area contributed by atoms with Crippen LogP contribution in [-0.4, -0.2) is 12.5 Å². The quantitative estimate of drug-likeness (QED) is 0.310. The Hall–Kier alpha value is -2.36. The third-order valence-electron chi connectivity index (χ3n) is 3.68. The van der Waals surface area contributed by atoms with Gasteiger partial charge in [-0.1, -0.05) is 24.8 Å². The van der Waals surface area contributed by atoms with Crippen molar-refractivity contribution < 1.29 is 9.53 Å². The van der Waals surface area contributed by atoms with Crippen LogP contribution in [0.3, 0.4) is 0 Å². The van der Waals surface area contributed by atoms with Crippen LogP contribution < -0.4 is 10.1 Å². The van der Waals surface area contributed by atoms with Crippen LogP contribution in [0.2, 0.25) is 0 Å². The van der Waals surface area contributed by atoms with Crippen molar-refractivity contribution in [3.8, 4) is 11.8 Å². The van der Waals surface area contributed by atoms with Crippen molar-refractivity contribution in [2.75, 3.05) is 11.9 Å². The van der Waals surface area contributed by atoms with Gasteiger partial charge in [-0.2, -0.15) is 5.26 Å². The highest BCUT2D eigenvalue weighted by Gasteiger charge is 2.13. The summed E-state index contributed by atoms with van der Waals surface area (Å²) in [5.41, 5.74) is 3.35. The Labute approximate surface area is 175 Å². The normalized spacial score (nSPS) is 10.9. The molecule has 1 amide bonds. The SMILES string of the molecule is C=CCOc1c(Br)cc(/C=C(\C#N)C(=O)Nc2cc(C)ccc2C)cc1Br. The Kier molecular flexibility index (Phi) is 7.40. The molecule has 1 N–H and O–H groups in total. The third kappa shape index (κ3) is 5.56.